The Kier molecular flexibility index (Phi) is 8.33. The summed E-state index contributed by atoms with van der Waals surface area (Å²) < 4.78 is 46.7. The molecule has 236 valence electrons. The van der Waals surface area contributed by atoms with Gasteiger partial charge < -0.3 is 10.1 Å². The Labute approximate surface area is 268 Å². The molecule has 1 aromatic heterocycles. The molecule has 2 unspecified atom stereocenters. The molecule has 1 fully saturated rings. The standard InChI is InChI=1S/C32H24F3N3O6S2/c1-2-44-30(42)18-12-14-19(15-13-18)38-27(40)24-23(17-8-4-3-5-9-17)26-29(45-25(24)28(38)41)37(31(43)46-26)16-22(39)36-21-11-7-6-10-20(21)32(33,34)35/h3-15,23-25H,2,16H2,1H3,(H,36,39)/t23-,24?,25?/m1/s1. The fourth-order valence-corrected chi connectivity index (χ4v) is 8.44. The third kappa shape index (κ3) is 5.62. The number of rotatable bonds is 7. The SMILES string of the molecule is CCOC(=O)c1ccc(N2C(=O)C3Sc4c(sc(=O)n4CC(=O)Nc4ccccc4C(F)(F)F)[C@H](c4ccccc4)C3C2=O)cc1. The number of nitrogens with zero attached hydrogens (tertiary/aromatic N) is 2. The minimum absolute atomic E-state index is 0.183. The third-order valence-electron chi connectivity index (χ3n) is 7.65. The fraction of sp³-hybridized carbons (Fsp3) is 0.219. The van der Waals surface area contributed by atoms with Crippen molar-refractivity contribution in [3.8, 4) is 0 Å². The van der Waals surface area contributed by atoms with Crippen molar-refractivity contribution in [3.05, 3.63) is 110 Å². The highest BCUT2D eigenvalue weighted by Gasteiger charge is 2.56. The van der Waals surface area contributed by atoms with Gasteiger partial charge in [0.05, 0.1) is 40.1 Å². The van der Waals surface area contributed by atoms with Crippen LogP contribution in [0.25, 0.3) is 0 Å². The van der Waals surface area contributed by atoms with Gasteiger partial charge in [-0.05, 0) is 48.9 Å². The molecule has 6 rings (SSSR count). The van der Waals surface area contributed by atoms with E-state index in [4.69, 9.17) is 4.74 Å². The average Bonchev–Trinajstić information content (AvgIpc) is 3.47. The van der Waals surface area contributed by atoms with E-state index in [1.54, 1.807) is 37.3 Å². The number of benzene rings is 3. The van der Waals surface area contributed by atoms with Crippen LogP contribution in [0.15, 0.2) is 88.7 Å². The Balaban J connectivity index is 1.35. The maximum Gasteiger partial charge on any atom is 0.418 e. The van der Waals surface area contributed by atoms with E-state index < -0.39 is 69.6 Å². The summed E-state index contributed by atoms with van der Waals surface area (Å²) in [6, 6.07) is 19.3. The van der Waals surface area contributed by atoms with Gasteiger partial charge in [-0.25, -0.2) is 9.69 Å². The van der Waals surface area contributed by atoms with Crippen molar-refractivity contribution in [2.75, 3.05) is 16.8 Å². The number of amides is 3. The third-order valence-corrected chi connectivity index (χ3v) is 10.3. The summed E-state index contributed by atoms with van der Waals surface area (Å²) in [5, 5.41) is 1.59. The summed E-state index contributed by atoms with van der Waals surface area (Å²) in [5.41, 5.74) is -0.297. The number of thioether (sulfide) groups is 1. The molecule has 1 saturated heterocycles. The zero-order chi connectivity index (χ0) is 32.7. The number of imide groups is 1. The van der Waals surface area contributed by atoms with Crippen molar-refractivity contribution >= 4 is 58.2 Å². The van der Waals surface area contributed by atoms with Crippen LogP contribution in [0.1, 0.15) is 39.2 Å². The largest absolute Gasteiger partial charge is 0.462 e. The van der Waals surface area contributed by atoms with Crippen LogP contribution in [-0.4, -0.2) is 40.1 Å². The summed E-state index contributed by atoms with van der Waals surface area (Å²) in [5.74, 6) is -4.04. The Bertz CT molecular complexity index is 1910. The molecule has 3 amide bonds. The molecule has 9 nitrogen and oxygen atoms in total. The molecular formula is C32H24F3N3O6S2. The van der Waals surface area contributed by atoms with Crippen molar-refractivity contribution in [1.82, 2.24) is 4.57 Å². The topological polar surface area (TPSA) is 115 Å². The lowest BCUT2D eigenvalue weighted by Crippen LogP contribution is -2.33. The van der Waals surface area contributed by atoms with E-state index in [-0.39, 0.29) is 17.9 Å². The van der Waals surface area contributed by atoms with Crippen LogP contribution in [0.5, 0.6) is 0 Å². The number of ether oxygens (including phenoxy) is 1. The molecule has 0 spiro atoms. The van der Waals surface area contributed by atoms with Gasteiger partial charge in [-0.15, -0.1) is 0 Å². The van der Waals surface area contributed by atoms with Gasteiger partial charge in [-0.2, -0.15) is 13.2 Å². The van der Waals surface area contributed by atoms with Crippen LogP contribution in [0, 0.1) is 5.92 Å². The molecule has 14 heteroatoms. The number of aromatic nitrogens is 1. The number of anilines is 2. The second-order valence-electron chi connectivity index (χ2n) is 10.4. The first kappa shape index (κ1) is 31.3. The Hall–Kier alpha value is -4.69. The molecular weight excluding hydrogens is 643 g/mol. The summed E-state index contributed by atoms with van der Waals surface area (Å²) in [6.45, 7) is 1.25. The molecule has 0 bridgehead atoms. The number of nitrogens with one attached hydrogen (secondary N) is 1. The first-order valence-corrected chi connectivity index (χ1v) is 15.8. The molecule has 3 aromatic carbocycles. The fourth-order valence-electron chi connectivity index (χ4n) is 5.66. The summed E-state index contributed by atoms with van der Waals surface area (Å²) in [6.07, 6.45) is -4.71. The molecule has 2 aliphatic rings. The van der Waals surface area contributed by atoms with Gasteiger partial charge in [0.25, 0.3) is 0 Å². The number of alkyl halides is 3. The van der Waals surface area contributed by atoms with Crippen molar-refractivity contribution in [1.29, 1.82) is 0 Å². The van der Waals surface area contributed by atoms with Gasteiger partial charge in [0.15, 0.2) is 0 Å². The van der Waals surface area contributed by atoms with Gasteiger partial charge in [-0.1, -0.05) is 65.6 Å². The van der Waals surface area contributed by atoms with Crippen molar-refractivity contribution in [2.45, 2.75) is 35.8 Å². The Morgan fingerprint density at radius 1 is 0.913 bits per heavy atom. The highest BCUT2D eigenvalue weighted by molar-refractivity contribution is 8.00. The number of carbonyl (C=O) groups excluding carboxylic acids is 4. The van der Waals surface area contributed by atoms with Crippen LogP contribution < -0.4 is 15.1 Å². The molecule has 3 heterocycles. The Morgan fingerprint density at radius 2 is 1.59 bits per heavy atom. The second-order valence-corrected chi connectivity index (χ2v) is 12.6. The van der Waals surface area contributed by atoms with E-state index >= 15 is 0 Å². The molecule has 1 N–H and O–H groups in total. The van der Waals surface area contributed by atoms with E-state index in [2.05, 4.69) is 5.32 Å². The number of hydrogen-bond acceptors (Lipinski definition) is 8. The molecule has 0 saturated carbocycles. The Morgan fingerprint density at radius 3 is 2.26 bits per heavy atom. The summed E-state index contributed by atoms with van der Waals surface area (Å²) in [4.78, 5) is 67.4. The van der Waals surface area contributed by atoms with Gasteiger partial charge in [0, 0.05) is 10.8 Å². The van der Waals surface area contributed by atoms with E-state index in [1.807, 2.05) is 0 Å². The highest BCUT2D eigenvalue weighted by Crippen LogP contribution is 2.53. The molecule has 46 heavy (non-hydrogen) atoms. The van der Waals surface area contributed by atoms with E-state index in [0.717, 1.165) is 44.7 Å². The van der Waals surface area contributed by atoms with Crippen LogP contribution in [0.4, 0.5) is 24.5 Å². The number of carbonyl (C=O) groups is 4. The first-order valence-electron chi connectivity index (χ1n) is 14.1. The number of thiazole rings is 1. The maximum absolute atomic E-state index is 14.0. The second kappa shape index (κ2) is 12.2. The quantitative estimate of drug-likeness (QED) is 0.203. The number of para-hydroxylation sites is 1. The lowest BCUT2D eigenvalue weighted by Gasteiger charge is -2.30. The molecule has 3 atom stereocenters. The van der Waals surface area contributed by atoms with Gasteiger partial charge in [0.1, 0.15) is 11.8 Å². The monoisotopic (exact) mass is 667 g/mol. The van der Waals surface area contributed by atoms with E-state index in [1.165, 1.54) is 36.4 Å². The van der Waals surface area contributed by atoms with Gasteiger partial charge >= 0.3 is 17.0 Å². The molecule has 0 radical (unpaired) electrons. The first-order chi connectivity index (χ1) is 22.0. The van der Waals surface area contributed by atoms with Crippen LogP contribution in [0.2, 0.25) is 0 Å². The summed E-state index contributed by atoms with van der Waals surface area (Å²) >= 11 is 1.81. The molecule has 2 aliphatic heterocycles. The maximum atomic E-state index is 14.0. The smallest absolute Gasteiger partial charge is 0.418 e. The van der Waals surface area contributed by atoms with Gasteiger partial charge in [0.2, 0.25) is 17.7 Å². The average molecular weight is 668 g/mol. The van der Waals surface area contributed by atoms with Crippen LogP contribution in [-0.2, 0) is 31.8 Å². The zero-order valence-electron chi connectivity index (χ0n) is 23.9. The normalized spacial score (nSPS) is 19.0. The number of hydrogen-bond donors (Lipinski definition) is 1. The predicted octanol–water partition coefficient (Wildman–Crippen LogP) is 5.54. The molecule has 4 aromatic rings. The highest BCUT2D eigenvalue weighted by atomic mass is 32.2. The number of fused-ring (bicyclic) bond motifs is 2. The van der Waals surface area contributed by atoms with Crippen molar-refractivity contribution < 1.29 is 37.1 Å². The zero-order valence-corrected chi connectivity index (χ0v) is 25.6. The number of halogens is 3. The van der Waals surface area contributed by atoms with Crippen molar-refractivity contribution in [3.63, 3.8) is 0 Å². The van der Waals surface area contributed by atoms with Crippen LogP contribution >= 0.6 is 23.1 Å². The lowest BCUT2D eigenvalue weighted by atomic mass is 9.83. The van der Waals surface area contributed by atoms with Crippen LogP contribution in [0.3, 0.4) is 0 Å². The summed E-state index contributed by atoms with van der Waals surface area (Å²) in [7, 11) is 0. The van der Waals surface area contributed by atoms with E-state index in [9.17, 15) is 37.1 Å². The number of esters is 1. The lowest BCUT2D eigenvalue weighted by molar-refractivity contribution is -0.137. The van der Waals surface area contributed by atoms with Crippen molar-refractivity contribution in [2.24, 2.45) is 5.92 Å². The minimum atomic E-state index is -4.71. The van der Waals surface area contributed by atoms with E-state index in [0.29, 0.717) is 15.5 Å². The minimum Gasteiger partial charge on any atom is -0.462 e. The molecule has 0 aliphatic carbocycles. The van der Waals surface area contributed by atoms with Gasteiger partial charge in [-0.3, -0.25) is 23.7 Å². The predicted molar refractivity (Wildman–Crippen MR) is 165 cm³/mol.